The van der Waals surface area contributed by atoms with Crippen molar-refractivity contribution in [3.8, 4) is 5.75 Å². The van der Waals surface area contributed by atoms with Gasteiger partial charge in [0.15, 0.2) is 5.79 Å². The summed E-state index contributed by atoms with van der Waals surface area (Å²) < 4.78 is 52.3. The van der Waals surface area contributed by atoms with E-state index in [-0.39, 0.29) is 71.4 Å². The Balaban J connectivity index is 1.20. The van der Waals surface area contributed by atoms with Gasteiger partial charge >= 0.3 is 14.5 Å². The summed E-state index contributed by atoms with van der Waals surface area (Å²) in [7, 11) is -1.03. The van der Waals surface area contributed by atoms with Gasteiger partial charge in [0, 0.05) is 29.3 Å². The molecule has 276 valence electrons. The van der Waals surface area contributed by atoms with Crippen LogP contribution in [0.5, 0.6) is 5.75 Å². The summed E-state index contributed by atoms with van der Waals surface area (Å²) in [6.07, 6.45) is 0.630. The molecular weight excluding hydrogens is 653 g/mol. The summed E-state index contributed by atoms with van der Waals surface area (Å²) in [4.78, 5) is 13.4. The molecule has 50 heavy (non-hydrogen) atoms. The van der Waals surface area contributed by atoms with Crippen molar-refractivity contribution in [1.82, 2.24) is 0 Å². The Kier molecular flexibility index (Phi) is 10.9. The van der Waals surface area contributed by atoms with Gasteiger partial charge in [-0.05, 0) is 35.1 Å². The van der Waals surface area contributed by atoms with Gasteiger partial charge in [-0.25, -0.2) is 0 Å². The zero-order valence-electron chi connectivity index (χ0n) is 31.4. The summed E-state index contributed by atoms with van der Waals surface area (Å²) in [5, 5.41) is -0.250. The molecule has 1 spiro atoms. The van der Waals surface area contributed by atoms with Gasteiger partial charge in [-0.15, -0.1) is 0 Å². The number of ether oxygens (including phenoxy) is 6. The molecule has 4 fully saturated rings. The minimum Gasteiger partial charge on any atom is -0.497 e. The number of fused-ring (bicyclic) bond motifs is 2. The van der Waals surface area contributed by atoms with E-state index in [1.54, 1.807) is 7.11 Å². The fourth-order valence-corrected chi connectivity index (χ4v) is 13.9. The SMILES string of the molecule is COc1ccc(CO[C@@H]2[C@H](CC(=O)OCc3ccccc3)O[C@@]3(C[C@@H]2C)C[C@H](C)[C@@H]2O[C@@H]4CO[Si](C(C)(C)C)(C(C)(C)C)O[C@@H]4C[C@@H]2O3)cc1. The van der Waals surface area contributed by atoms with Gasteiger partial charge in [0.05, 0.1) is 57.3 Å². The standard InChI is InChI=1S/C40H58O9Si/c1-26-21-40(22-27(2)37-32(47-40)19-31-34(46-37)25-45-50(49-31,38(3,4)5)39(6,7)8)48-33(20-35(41)43-23-28-13-11-10-12-14-28)36(26)44-24-29-15-17-30(42-9)18-16-29/h10-18,26-27,31-34,36-37H,19-25H2,1-9H3/t26-,27-,31+,32-,33-,34+,36-,37-,40-/m0/s1. The van der Waals surface area contributed by atoms with Crippen LogP contribution in [0.2, 0.25) is 10.1 Å². The van der Waals surface area contributed by atoms with Gasteiger partial charge < -0.3 is 37.3 Å². The van der Waals surface area contributed by atoms with Crippen LogP contribution in [0.1, 0.15) is 92.2 Å². The van der Waals surface area contributed by atoms with Crippen molar-refractivity contribution >= 4 is 14.5 Å². The van der Waals surface area contributed by atoms with Crippen LogP contribution in [0, 0.1) is 11.8 Å². The van der Waals surface area contributed by atoms with Crippen LogP contribution in [0.15, 0.2) is 54.6 Å². The van der Waals surface area contributed by atoms with E-state index in [9.17, 15) is 4.79 Å². The molecule has 9 atom stereocenters. The van der Waals surface area contributed by atoms with Crippen molar-refractivity contribution in [3.63, 3.8) is 0 Å². The van der Waals surface area contributed by atoms with Gasteiger partial charge in [-0.1, -0.05) is 97.9 Å². The van der Waals surface area contributed by atoms with Crippen LogP contribution in [-0.2, 0) is 50.5 Å². The number of carbonyl (C=O) groups excluding carboxylic acids is 1. The fourth-order valence-electron chi connectivity index (χ4n) is 8.94. The Morgan fingerprint density at radius 3 is 2.16 bits per heavy atom. The minimum atomic E-state index is -2.68. The van der Waals surface area contributed by atoms with Crippen LogP contribution in [0.25, 0.3) is 0 Å². The lowest BCUT2D eigenvalue weighted by atomic mass is 9.78. The Morgan fingerprint density at radius 2 is 1.50 bits per heavy atom. The van der Waals surface area contributed by atoms with Crippen molar-refractivity contribution in [2.24, 2.45) is 11.8 Å². The van der Waals surface area contributed by atoms with Crippen molar-refractivity contribution in [3.05, 3.63) is 65.7 Å². The van der Waals surface area contributed by atoms with Crippen molar-refractivity contribution in [1.29, 1.82) is 0 Å². The van der Waals surface area contributed by atoms with Gasteiger partial charge in [-0.2, -0.15) is 0 Å². The highest BCUT2D eigenvalue weighted by molar-refractivity contribution is 6.73. The van der Waals surface area contributed by atoms with E-state index < -0.39 is 20.5 Å². The van der Waals surface area contributed by atoms with Crippen molar-refractivity contribution in [2.45, 2.75) is 147 Å². The van der Waals surface area contributed by atoms with Crippen LogP contribution >= 0.6 is 0 Å². The molecule has 0 amide bonds. The second-order valence-corrected chi connectivity index (χ2v) is 21.8. The summed E-state index contributed by atoms with van der Waals surface area (Å²) in [6.45, 7) is 19.0. The average molecular weight is 711 g/mol. The molecule has 10 heteroatoms. The van der Waals surface area contributed by atoms with E-state index in [2.05, 4.69) is 55.4 Å². The second-order valence-electron chi connectivity index (χ2n) is 17.0. The molecule has 9 nitrogen and oxygen atoms in total. The van der Waals surface area contributed by atoms with E-state index >= 15 is 0 Å². The third-order valence-corrected chi connectivity index (χ3v) is 16.2. The molecule has 0 bridgehead atoms. The minimum absolute atomic E-state index is 0.0519. The third kappa shape index (κ3) is 7.72. The number of hydrogen-bond donors (Lipinski definition) is 0. The van der Waals surface area contributed by atoms with Crippen LogP contribution in [0.4, 0.5) is 0 Å². The first kappa shape index (κ1) is 37.4. The quantitative estimate of drug-likeness (QED) is 0.201. The van der Waals surface area contributed by atoms with E-state index in [0.717, 1.165) is 16.9 Å². The topological polar surface area (TPSA) is 90.9 Å². The molecule has 0 unspecified atom stereocenters. The summed E-state index contributed by atoms with van der Waals surface area (Å²) in [5.41, 5.74) is 1.96. The molecular formula is C40H58O9Si. The molecule has 0 aliphatic carbocycles. The van der Waals surface area contributed by atoms with E-state index in [1.165, 1.54) is 0 Å². The smallest absolute Gasteiger partial charge is 0.349 e. The first-order chi connectivity index (χ1) is 23.6. The molecule has 4 aliphatic heterocycles. The Labute approximate surface area is 299 Å². The number of hydrogen-bond acceptors (Lipinski definition) is 9. The highest BCUT2D eigenvalue weighted by Crippen LogP contribution is 2.56. The van der Waals surface area contributed by atoms with Crippen LogP contribution in [-0.4, -0.2) is 70.7 Å². The summed E-state index contributed by atoms with van der Waals surface area (Å²) >= 11 is 0. The largest absolute Gasteiger partial charge is 0.497 e. The van der Waals surface area contributed by atoms with Gasteiger partial charge in [0.25, 0.3) is 0 Å². The Hall–Kier alpha value is -2.31. The number of rotatable bonds is 8. The molecule has 4 saturated heterocycles. The van der Waals surface area contributed by atoms with Gasteiger partial charge in [0.2, 0.25) is 0 Å². The highest BCUT2D eigenvalue weighted by atomic mass is 28.4. The van der Waals surface area contributed by atoms with Gasteiger partial charge in [-0.3, -0.25) is 4.79 Å². The molecule has 0 aromatic heterocycles. The molecule has 0 saturated carbocycles. The van der Waals surface area contributed by atoms with Crippen LogP contribution < -0.4 is 4.74 Å². The Morgan fingerprint density at radius 1 is 0.840 bits per heavy atom. The van der Waals surface area contributed by atoms with Crippen molar-refractivity contribution < 1.29 is 42.1 Å². The second kappa shape index (κ2) is 14.6. The molecule has 6 rings (SSSR count). The fraction of sp³-hybridized carbons (Fsp3) is 0.675. The molecule has 0 radical (unpaired) electrons. The van der Waals surface area contributed by atoms with E-state index in [4.69, 9.17) is 37.3 Å². The molecule has 4 heterocycles. The maximum atomic E-state index is 13.4. The predicted molar refractivity (Wildman–Crippen MR) is 192 cm³/mol. The van der Waals surface area contributed by atoms with E-state index in [1.807, 2.05) is 54.6 Å². The predicted octanol–water partition coefficient (Wildman–Crippen LogP) is 7.88. The summed E-state index contributed by atoms with van der Waals surface area (Å²) in [6, 6.07) is 17.6. The maximum absolute atomic E-state index is 13.4. The van der Waals surface area contributed by atoms with Crippen LogP contribution in [0.3, 0.4) is 0 Å². The molecule has 2 aromatic carbocycles. The van der Waals surface area contributed by atoms with Crippen molar-refractivity contribution in [2.75, 3.05) is 13.7 Å². The third-order valence-electron chi connectivity index (χ3n) is 11.0. The lowest BCUT2D eigenvalue weighted by Gasteiger charge is -2.59. The molecule has 0 N–H and O–H groups in total. The monoisotopic (exact) mass is 710 g/mol. The lowest BCUT2D eigenvalue weighted by molar-refractivity contribution is -0.379. The zero-order valence-corrected chi connectivity index (χ0v) is 32.4. The zero-order chi connectivity index (χ0) is 35.9. The number of methoxy groups -OCH3 is 1. The number of esters is 1. The Bertz CT molecular complexity index is 1420. The number of carbonyl (C=O) groups is 1. The van der Waals surface area contributed by atoms with Gasteiger partial charge in [0.1, 0.15) is 18.5 Å². The highest BCUT2D eigenvalue weighted by Gasteiger charge is 2.64. The van der Waals surface area contributed by atoms with E-state index in [0.29, 0.717) is 32.5 Å². The first-order valence-electron chi connectivity index (χ1n) is 18.4. The number of benzene rings is 2. The average Bonchev–Trinajstić information content (AvgIpc) is 3.05. The maximum Gasteiger partial charge on any atom is 0.349 e. The first-order valence-corrected chi connectivity index (χ1v) is 20.2. The molecule has 2 aromatic rings. The normalized spacial score (nSPS) is 34.0. The molecule has 4 aliphatic rings. The summed E-state index contributed by atoms with van der Waals surface area (Å²) in [5.74, 6) is -0.198. The lowest BCUT2D eigenvalue weighted by Crippen LogP contribution is -2.69.